The Morgan fingerprint density at radius 2 is 1.87 bits per heavy atom. The Balaban J connectivity index is 1.65. The summed E-state index contributed by atoms with van der Waals surface area (Å²) in [6, 6.07) is 0.245. The minimum absolute atomic E-state index is 0.168. The first kappa shape index (κ1) is 18.2. The normalized spacial score (nSPS) is 22.6. The first-order valence-corrected chi connectivity index (χ1v) is 9.42. The zero-order valence-electron chi connectivity index (χ0n) is 14.8. The van der Waals surface area contributed by atoms with E-state index in [9.17, 15) is 9.59 Å². The van der Waals surface area contributed by atoms with Crippen molar-refractivity contribution >= 4 is 11.8 Å². The van der Waals surface area contributed by atoms with Crippen LogP contribution in [-0.2, 0) is 9.59 Å². The monoisotopic (exact) mass is 323 g/mol. The molecule has 2 aliphatic rings. The number of rotatable bonds is 7. The summed E-state index contributed by atoms with van der Waals surface area (Å²) in [5.41, 5.74) is 0. The topological polar surface area (TPSA) is 61.4 Å². The summed E-state index contributed by atoms with van der Waals surface area (Å²) < 4.78 is 0. The number of hydrogen-bond donors (Lipinski definition) is 2. The Hall–Kier alpha value is -1.10. The van der Waals surface area contributed by atoms with Gasteiger partial charge in [-0.05, 0) is 57.5 Å². The van der Waals surface area contributed by atoms with Gasteiger partial charge in [0.2, 0.25) is 11.8 Å². The summed E-state index contributed by atoms with van der Waals surface area (Å²) in [5.74, 6) is 1.32. The van der Waals surface area contributed by atoms with Crippen LogP contribution in [0.5, 0.6) is 0 Å². The molecule has 0 saturated carbocycles. The van der Waals surface area contributed by atoms with Crippen molar-refractivity contribution in [3.8, 4) is 0 Å². The van der Waals surface area contributed by atoms with Crippen LogP contribution >= 0.6 is 0 Å². The van der Waals surface area contributed by atoms with Gasteiger partial charge in [-0.25, -0.2) is 0 Å². The molecule has 132 valence electrons. The Bertz CT molecular complexity index is 382. The van der Waals surface area contributed by atoms with Crippen LogP contribution in [0.25, 0.3) is 0 Å². The Labute approximate surface area is 140 Å². The van der Waals surface area contributed by atoms with E-state index >= 15 is 0 Å². The lowest BCUT2D eigenvalue weighted by atomic mass is 9.98. The first-order valence-electron chi connectivity index (χ1n) is 9.42. The third kappa shape index (κ3) is 5.48. The molecule has 5 nitrogen and oxygen atoms in total. The van der Waals surface area contributed by atoms with E-state index in [0.717, 1.165) is 58.3 Å². The highest BCUT2D eigenvalue weighted by atomic mass is 16.2. The lowest BCUT2D eigenvalue weighted by Crippen LogP contribution is -2.48. The van der Waals surface area contributed by atoms with Gasteiger partial charge in [-0.15, -0.1) is 0 Å². The molecule has 2 rings (SSSR count). The van der Waals surface area contributed by atoms with Gasteiger partial charge in [0.1, 0.15) is 0 Å². The van der Waals surface area contributed by atoms with Crippen molar-refractivity contribution in [1.82, 2.24) is 15.5 Å². The minimum Gasteiger partial charge on any atom is -0.353 e. The van der Waals surface area contributed by atoms with Gasteiger partial charge in [0, 0.05) is 31.5 Å². The molecular formula is C18H33N3O2. The second-order valence-electron chi connectivity index (χ2n) is 7.08. The maximum atomic E-state index is 12.4. The Kier molecular flexibility index (Phi) is 7.34. The molecule has 0 aliphatic carbocycles. The predicted molar refractivity (Wildman–Crippen MR) is 92.0 cm³/mol. The highest BCUT2D eigenvalue weighted by molar-refractivity contribution is 5.79. The van der Waals surface area contributed by atoms with E-state index in [-0.39, 0.29) is 17.9 Å². The second kappa shape index (κ2) is 9.26. The fourth-order valence-electron chi connectivity index (χ4n) is 3.74. The number of nitrogens with one attached hydrogen (secondary N) is 2. The molecule has 23 heavy (non-hydrogen) atoms. The molecular weight excluding hydrogens is 290 g/mol. The Morgan fingerprint density at radius 3 is 2.43 bits per heavy atom. The highest BCUT2D eigenvalue weighted by Gasteiger charge is 2.27. The highest BCUT2D eigenvalue weighted by Crippen LogP contribution is 2.18. The summed E-state index contributed by atoms with van der Waals surface area (Å²) in [6.45, 7) is 7.89. The number of amides is 2. The number of carbonyl (C=O) groups is 2. The van der Waals surface area contributed by atoms with Gasteiger partial charge >= 0.3 is 0 Å². The molecule has 2 N–H and O–H groups in total. The second-order valence-corrected chi connectivity index (χ2v) is 7.08. The fraction of sp³-hybridized carbons (Fsp3) is 0.889. The van der Waals surface area contributed by atoms with E-state index in [0.29, 0.717) is 18.2 Å². The number of hydrogen-bond acceptors (Lipinski definition) is 3. The van der Waals surface area contributed by atoms with Crippen LogP contribution in [0.15, 0.2) is 0 Å². The summed E-state index contributed by atoms with van der Waals surface area (Å²) in [6.07, 6.45) is 6.45. The quantitative estimate of drug-likeness (QED) is 0.752. The average molecular weight is 323 g/mol. The third-order valence-corrected chi connectivity index (χ3v) is 5.45. The van der Waals surface area contributed by atoms with E-state index in [1.807, 2.05) is 4.90 Å². The molecule has 2 amide bonds. The molecule has 0 radical (unpaired) electrons. The molecule has 2 heterocycles. The van der Waals surface area contributed by atoms with E-state index in [4.69, 9.17) is 0 Å². The summed E-state index contributed by atoms with van der Waals surface area (Å²) in [7, 11) is 0. The smallest absolute Gasteiger partial charge is 0.225 e. The molecule has 0 aromatic rings. The van der Waals surface area contributed by atoms with Crippen LogP contribution in [-0.4, -0.2) is 48.9 Å². The van der Waals surface area contributed by atoms with Crippen LogP contribution in [0, 0.1) is 11.8 Å². The van der Waals surface area contributed by atoms with Crippen molar-refractivity contribution < 1.29 is 9.59 Å². The van der Waals surface area contributed by atoms with Crippen molar-refractivity contribution in [3.63, 3.8) is 0 Å². The minimum atomic E-state index is 0.168. The predicted octanol–water partition coefficient (Wildman–Crippen LogP) is 1.92. The average Bonchev–Trinajstić information content (AvgIpc) is 3.08. The van der Waals surface area contributed by atoms with Crippen molar-refractivity contribution in [2.75, 3.05) is 26.2 Å². The number of piperidine rings is 1. The van der Waals surface area contributed by atoms with Crippen LogP contribution in [0.4, 0.5) is 0 Å². The lowest BCUT2D eigenvalue weighted by Gasteiger charge is -2.34. The van der Waals surface area contributed by atoms with Gasteiger partial charge in [0.15, 0.2) is 0 Å². The Morgan fingerprint density at radius 1 is 1.17 bits per heavy atom. The maximum absolute atomic E-state index is 12.4. The number of carbonyl (C=O) groups excluding carboxylic acids is 2. The third-order valence-electron chi connectivity index (χ3n) is 5.45. The van der Waals surface area contributed by atoms with E-state index in [2.05, 4.69) is 24.5 Å². The SMILES string of the molecule is CCC(CC)C(=O)N1CCC(NC(=O)CCC2CCNC2)CC1. The van der Waals surface area contributed by atoms with Crippen LogP contribution in [0.3, 0.4) is 0 Å². The summed E-state index contributed by atoms with van der Waals surface area (Å²) in [5, 5.41) is 6.50. The molecule has 1 unspecified atom stereocenters. The van der Waals surface area contributed by atoms with E-state index < -0.39 is 0 Å². The molecule has 5 heteroatoms. The molecule has 1 atom stereocenters. The zero-order valence-corrected chi connectivity index (χ0v) is 14.8. The maximum Gasteiger partial charge on any atom is 0.225 e. The first-order chi connectivity index (χ1) is 11.1. The van der Waals surface area contributed by atoms with E-state index in [1.54, 1.807) is 0 Å². The lowest BCUT2D eigenvalue weighted by molar-refractivity contribution is -0.137. The van der Waals surface area contributed by atoms with Crippen molar-refractivity contribution in [2.24, 2.45) is 11.8 Å². The molecule has 2 aliphatic heterocycles. The van der Waals surface area contributed by atoms with Crippen LogP contribution < -0.4 is 10.6 Å². The fourth-order valence-corrected chi connectivity index (χ4v) is 3.74. The van der Waals surface area contributed by atoms with Crippen LogP contribution in [0.2, 0.25) is 0 Å². The number of nitrogens with zero attached hydrogens (tertiary/aromatic N) is 1. The number of likely N-dealkylation sites (tertiary alicyclic amines) is 1. The van der Waals surface area contributed by atoms with Gasteiger partial charge in [-0.3, -0.25) is 9.59 Å². The van der Waals surface area contributed by atoms with Gasteiger partial charge in [-0.1, -0.05) is 13.8 Å². The van der Waals surface area contributed by atoms with E-state index in [1.165, 1.54) is 6.42 Å². The van der Waals surface area contributed by atoms with Gasteiger partial charge < -0.3 is 15.5 Å². The molecule has 0 aromatic heterocycles. The zero-order chi connectivity index (χ0) is 16.7. The molecule has 2 fully saturated rings. The van der Waals surface area contributed by atoms with Gasteiger partial charge in [0.05, 0.1) is 0 Å². The molecule has 0 bridgehead atoms. The molecule has 0 aromatic carbocycles. The van der Waals surface area contributed by atoms with Crippen molar-refractivity contribution in [3.05, 3.63) is 0 Å². The van der Waals surface area contributed by atoms with Crippen molar-refractivity contribution in [1.29, 1.82) is 0 Å². The standard InChI is InChI=1S/C18H33N3O2/c1-3-15(4-2)18(23)21-11-8-16(9-12-21)20-17(22)6-5-14-7-10-19-13-14/h14-16,19H,3-13H2,1-2H3,(H,20,22). The summed E-state index contributed by atoms with van der Waals surface area (Å²) >= 11 is 0. The molecule has 2 saturated heterocycles. The van der Waals surface area contributed by atoms with Gasteiger partial charge in [0.25, 0.3) is 0 Å². The van der Waals surface area contributed by atoms with Crippen LogP contribution in [0.1, 0.15) is 58.8 Å². The molecule has 0 spiro atoms. The van der Waals surface area contributed by atoms with Crippen molar-refractivity contribution in [2.45, 2.75) is 64.8 Å². The van der Waals surface area contributed by atoms with Gasteiger partial charge in [-0.2, -0.15) is 0 Å². The summed E-state index contributed by atoms with van der Waals surface area (Å²) in [4.78, 5) is 26.4. The largest absolute Gasteiger partial charge is 0.353 e.